The summed E-state index contributed by atoms with van der Waals surface area (Å²) in [5.41, 5.74) is 2.41. The van der Waals surface area contributed by atoms with Crippen LogP contribution in [0.3, 0.4) is 0 Å². The first-order valence-corrected chi connectivity index (χ1v) is 7.10. The number of aromatic nitrogens is 1. The maximum absolute atomic E-state index is 4.28. The number of pyridine rings is 1. The Labute approximate surface area is 119 Å². The number of benzene rings is 1. The Morgan fingerprint density at radius 2 is 1.95 bits per heavy atom. The van der Waals surface area contributed by atoms with E-state index in [0.29, 0.717) is 0 Å². The topological polar surface area (TPSA) is 16.1 Å². The standard InChI is InChI=1S/C18H16N2/c1-2-7-17(8-3-1)20-13-15-12-18(15,14-20)10-9-16-6-4-5-11-19-16/h1-8,11,15H,12-14H2. The molecule has 20 heavy (non-hydrogen) atoms. The van der Waals surface area contributed by atoms with Gasteiger partial charge in [0.2, 0.25) is 0 Å². The number of nitrogens with zero attached hydrogens (tertiary/aromatic N) is 2. The molecule has 2 unspecified atom stereocenters. The molecule has 1 aromatic heterocycles. The van der Waals surface area contributed by atoms with Crippen molar-refractivity contribution in [1.29, 1.82) is 0 Å². The van der Waals surface area contributed by atoms with Crippen molar-refractivity contribution in [2.24, 2.45) is 11.3 Å². The molecule has 2 atom stereocenters. The van der Waals surface area contributed by atoms with Crippen LogP contribution in [0.4, 0.5) is 5.69 Å². The van der Waals surface area contributed by atoms with Gasteiger partial charge in [-0.2, -0.15) is 0 Å². The highest BCUT2D eigenvalue weighted by molar-refractivity contribution is 5.51. The van der Waals surface area contributed by atoms with Gasteiger partial charge in [0, 0.05) is 25.0 Å². The molecule has 2 heterocycles. The first-order valence-electron chi connectivity index (χ1n) is 7.10. The van der Waals surface area contributed by atoms with Crippen molar-refractivity contribution in [3.05, 3.63) is 60.4 Å². The van der Waals surface area contributed by atoms with Crippen molar-refractivity contribution in [2.45, 2.75) is 6.42 Å². The summed E-state index contributed by atoms with van der Waals surface area (Å²) in [7, 11) is 0. The SMILES string of the molecule is C(#CC12CC1CN(c1ccccc1)C2)c1ccccn1. The van der Waals surface area contributed by atoms with Gasteiger partial charge >= 0.3 is 0 Å². The van der Waals surface area contributed by atoms with Gasteiger partial charge in [-0.05, 0) is 42.5 Å². The second-order valence-electron chi connectivity index (χ2n) is 5.74. The normalized spacial score (nSPS) is 26.6. The quantitative estimate of drug-likeness (QED) is 0.733. The number of para-hydroxylation sites is 1. The van der Waals surface area contributed by atoms with Crippen molar-refractivity contribution in [3.8, 4) is 11.8 Å². The van der Waals surface area contributed by atoms with E-state index < -0.39 is 0 Å². The second-order valence-corrected chi connectivity index (χ2v) is 5.74. The number of piperidine rings is 1. The highest BCUT2D eigenvalue weighted by atomic mass is 15.2. The van der Waals surface area contributed by atoms with E-state index in [4.69, 9.17) is 0 Å². The summed E-state index contributed by atoms with van der Waals surface area (Å²) < 4.78 is 0. The number of hydrogen-bond acceptors (Lipinski definition) is 2. The van der Waals surface area contributed by atoms with Crippen molar-refractivity contribution < 1.29 is 0 Å². The fourth-order valence-corrected chi connectivity index (χ4v) is 3.14. The van der Waals surface area contributed by atoms with Gasteiger partial charge in [-0.25, -0.2) is 4.98 Å². The third-order valence-electron chi connectivity index (χ3n) is 4.37. The van der Waals surface area contributed by atoms with Crippen LogP contribution in [0.25, 0.3) is 0 Å². The first kappa shape index (κ1) is 11.5. The molecular weight excluding hydrogens is 244 g/mol. The lowest BCUT2D eigenvalue weighted by Crippen LogP contribution is -2.23. The zero-order valence-corrected chi connectivity index (χ0v) is 11.3. The molecule has 1 saturated carbocycles. The predicted molar refractivity (Wildman–Crippen MR) is 80.3 cm³/mol. The average Bonchev–Trinajstić information content (AvgIpc) is 3.08. The average molecular weight is 260 g/mol. The van der Waals surface area contributed by atoms with E-state index >= 15 is 0 Å². The lowest BCUT2D eigenvalue weighted by atomic mass is 10.1. The fraction of sp³-hybridized carbons (Fsp3) is 0.278. The molecule has 2 nitrogen and oxygen atoms in total. The molecule has 0 radical (unpaired) electrons. The lowest BCUT2D eigenvalue weighted by molar-refractivity contribution is 0.706. The molecule has 2 fully saturated rings. The van der Waals surface area contributed by atoms with E-state index in [1.807, 2.05) is 18.2 Å². The highest BCUT2D eigenvalue weighted by Crippen LogP contribution is 2.57. The van der Waals surface area contributed by atoms with E-state index in [1.165, 1.54) is 12.1 Å². The fourth-order valence-electron chi connectivity index (χ4n) is 3.14. The van der Waals surface area contributed by atoms with Crippen molar-refractivity contribution in [3.63, 3.8) is 0 Å². The minimum atomic E-state index is 0.216. The first-order chi connectivity index (χ1) is 9.86. The molecule has 2 heteroatoms. The van der Waals surface area contributed by atoms with Gasteiger partial charge < -0.3 is 4.90 Å². The van der Waals surface area contributed by atoms with Gasteiger partial charge in [0.25, 0.3) is 0 Å². The Morgan fingerprint density at radius 3 is 2.75 bits per heavy atom. The van der Waals surface area contributed by atoms with Crippen molar-refractivity contribution >= 4 is 5.69 Å². The minimum Gasteiger partial charge on any atom is -0.370 e. The summed E-state index contributed by atoms with van der Waals surface area (Å²) >= 11 is 0. The monoisotopic (exact) mass is 260 g/mol. The molecule has 1 aliphatic heterocycles. The Hall–Kier alpha value is -2.27. The van der Waals surface area contributed by atoms with Crippen LogP contribution in [0.15, 0.2) is 54.7 Å². The van der Waals surface area contributed by atoms with E-state index in [-0.39, 0.29) is 5.41 Å². The van der Waals surface area contributed by atoms with Crippen LogP contribution in [-0.2, 0) is 0 Å². The summed E-state index contributed by atoms with van der Waals surface area (Å²) in [6.45, 7) is 2.20. The molecule has 0 N–H and O–H groups in total. The van der Waals surface area contributed by atoms with Gasteiger partial charge in [0.1, 0.15) is 5.69 Å². The molecule has 2 aliphatic rings. The molecule has 4 rings (SSSR count). The van der Waals surface area contributed by atoms with Gasteiger partial charge in [-0.3, -0.25) is 0 Å². The summed E-state index contributed by atoms with van der Waals surface area (Å²) in [5.74, 6) is 7.48. The molecule has 0 spiro atoms. The molecule has 0 bridgehead atoms. The van der Waals surface area contributed by atoms with Gasteiger partial charge in [0.15, 0.2) is 0 Å². The van der Waals surface area contributed by atoms with Gasteiger partial charge in [-0.15, -0.1) is 0 Å². The Kier molecular flexibility index (Phi) is 2.53. The maximum atomic E-state index is 4.28. The molecular formula is C18H16N2. The molecule has 1 aliphatic carbocycles. The Morgan fingerprint density at radius 1 is 1.10 bits per heavy atom. The van der Waals surface area contributed by atoms with Crippen LogP contribution in [0.1, 0.15) is 12.1 Å². The summed E-state index contributed by atoms with van der Waals surface area (Å²) in [6.07, 6.45) is 3.05. The predicted octanol–water partition coefficient (Wildman–Crippen LogP) is 2.96. The van der Waals surface area contributed by atoms with E-state index in [2.05, 4.69) is 52.1 Å². The molecule has 1 saturated heterocycles. The van der Waals surface area contributed by atoms with Gasteiger partial charge in [-0.1, -0.05) is 30.2 Å². The zero-order valence-electron chi connectivity index (χ0n) is 11.3. The van der Waals surface area contributed by atoms with E-state index in [9.17, 15) is 0 Å². The third kappa shape index (κ3) is 1.96. The van der Waals surface area contributed by atoms with Crippen LogP contribution in [-0.4, -0.2) is 18.1 Å². The molecule has 98 valence electrons. The number of anilines is 1. The largest absolute Gasteiger partial charge is 0.370 e. The Bertz CT molecular complexity index is 669. The van der Waals surface area contributed by atoms with E-state index in [0.717, 1.165) is 24.7 Å². The summed E-state index contributed by atoms with van der Waals surface area (Å²) in [6, 6.07) is 16.5. The number of rotatable bonds is 1. The molecule has 0 amide bonds. The second kappa shape index (κ2) is 4.38. The molecule has 1 aromatic carbocycles. The van der Waals surface area contributed by atoms with Crippen LogP contribution in [0, 0.1) is 23.2 Å². The highest BCUT2D eigenvalue weighted by Gasteiger charge is 2.59. The molecule has 2 aromatic rings. The summed E-state index contributed by atoms with van der Waals surface area (Å²) in [4.78, 5) is 6.74. The van der Waals surface area contributed by atoms with Crippen LogP contribution >= 0.6 is 0 Å². The summed E-state index contributed by atoms with van der Waals surface area (Å²) in [5, 5.41) is 0. The van der Waals surface area contributed by atoms with Crippen LogP contribution in [0.5, 0.6) is 0 Å². The minimum absolute atomic E-state index is 0.216. The van der Waals surface area contributed by atoms with Crippen LogP contribution in [0.2, 0.25) is 0 Å². The Balaban J connectivity index is 1.53. The smallest absolute Gasteiger partial charge is 0.113 e. The zero-order chi connectivity index (χ0) is 13.4. The number of hydrogen-bond donors (Lipinski definition) is 0. The number of fused-ring (bicyclic) bond motifs is 1. The van der Waals surface area contributed by atoms with Gasteiger partial charge in [0.05, 0.1) is 5.41 Å². The maximum Gasteiger partial charge on any atom is 0.113 e. The van der Waals surface area contributed by atoms with Crippen molar-refractivity contribution in [1.82, 2.24) is 4.98 Å². The van der Waals surface area contributed by atoms with E-state index in [1.54, 1.807) is 6.20 Å². The van der Waals surface area contributed by atoms with Crippen LogP contribution < -0.4 is 4.90 Å². The lowest BCUT2D eigenvalue weighted by Gasteiger charge is -2.21. The van der Waals surface area contributed by atoms with Crippen molar-refractivity contribution in [2.75, 3.05) is 18.0 Å². The third-order valence-corrected chi connectivity index (χ3v) is 4.37.